The van der Waals surface area contributed by atoms with Crippen molar-refractivity contribution in [2.45, 2.75) is 19.4 Å². The molecule has 3 heteroatoms. The second-order valence-electron chi connectivity index (χ2n) is 4.42. The molecule has 0 saturated carbocycles. The summed E-state index contributed by atoms with van der Waals surface area (Å²) >= 11 is 0. The smallest absolute Gasteiger partial charge is 0.120 e. The maximum Gasteiger partial charge on any atom is 0.120 e. The first-order valence-electron chi connectivity index (χ1n) is 5.86. The summed E-state index contributed by atoms with van der Waals surface area (Å²) in [5.74, 6) is 0.985. The SMILES string of the molecule is CC(NCC1CCOC1)c1ccccc1O. The molecule has 1 aromatic rings. The zero-order valence-corrected chi connectivity index (χ0v) is 9.65. The van der Waals surface area contributed by atoms with Gasteiger partial charge in [-0.3, -0.25) is 0 Å². The highest BCUT2D eigenvalue weighted by atomic mass is 16.5. The molecule has 1 heterocycles. The van der Waals surface area contributed by atoms with Crippen LogP contribution in [0.15, 0.2) is 24.3 Å². The third-order valence-electron chi connectivity index (χ3n) is 3.14. The van der Waals surface area contributed by atoms with Gasteiger partial charge < -0.3 is 15.2 Å². The first-order valence-corrected chi connectivity index (χ1v) is 5.86. The van der Waals surface area contributed by atoms with Gasteiger partial charge in [0.2, 0.25) is 0 Å². The summed E-state index contributed by atoms with van der Waals surface area (Å²) in [6.45, 7) is 4.78. The van der Waals surface area contributed by atoms with E-state index in [9.17, 15) is 5.11 Å². The Morgan fingerprint density at radius 1 is 1.50 bits per heavy atom. The van der Waals surface area contributed by atoms with Crippen LogP contribution in [0.5, 0.6) is 5.75 Å². The van der Waals surface area contributed by atoms with Crippen molar-refractivity contribution >= 4 is 0 Å². The summed E-state index contributed by atoms with van der Waals surface area (Å²) in [7, 11) is 0. The molecule has 0 bridgehead atoms. The molecule has 0 aliphatic carbocycles. The highest BCUT2D eigenvalue weighted by Gasteiger charge is 2.17. The first kappa shape index (κ1) is 11.4. The van der Waals surface area contributed by atoms with Crippen LogP contribution in [-0.2, 0) is 4.74 Å². The van der Waals surface area contributed by atoms with Crippen LogP contribution in [0.3, 0.4) is 0 Å². The van der Waals surface area contributed by atoms with E-state index in [1.807, 2.05) is 18.2 Å². The van der Waals surface area contributed by atoms with Gasteiger partial charge in [-0.25, -0.2) is 0 Å². The zero-order valence-electron chi connectivity index (χ0n) is 9.65. The molecule has 0 aromatic heterocycles. The van der Waals surface area contributed by atoms with Crippen LogP contribution in [0.25, 0.3) is 0 Å². The van der Waals surface area contributed by atoms with Crippen LogP contribution in [-0.4, -0.2) is 24.9 Å². The Balaban J connectivity index is 1.87. The number of nitrogens with one attached hydrogen (secondary N) is 1. The molecule has 2 N–H and O–H groups in total. The van der Waals surface area contributed by atoms with Crippen LogP contribution in [0, 0.1) is 5.92 Å². The fourth-order valence-corrected chi connectivity index (χ4v) is 2.05. The van der Waals surface area contributed by atoms with Gasteiger partial charge in [0.1, 0.15) is 5.75 Å². The van der Waals surface area contributed by atoms with Crippen LogP contribution in [0.2, 0.25) is 0 Å². The zero-order chi connectivity index (χ0) is 11.4. The summed E-state index contributed by atoms with van der Waals surface area (Å²) in [5, 5.41) is 13.1. The standard InChI is InChI=1S/C13H19NO2/c1-10(12-4-2-3-5-13(12)15)14-8-11-6-7-16-9-11/h2-5,10-11,14-15H,6-9H2,1H3. The van der Waals surface area contributed by atoms with Gasteiger partial charge in [-0.05, 0) is 25.3 Å². The molecule has 0 spiro atoms. The lowest BCUT2D eigenvalue weighted by atomic mass is 10.1. The second-order valence-corrected chi connectivity index (χ2v) is 4.42. The van der Waals surface area contributed by atoms with Gasteiger partial charge in [0.25, 0.3) is 0 Å². The fourth-order valence-electron chi connectivity index (χ4n) is 2.05. The molecule has 1 aromatic carbocycles. The van der Waals surface area contributed by atoms with Gasteiger partial charge in [-0.2, -0.15) is 0 Å². The van der Waals surface area contributed by atoms with Crippen LogP contribution in [0.4, 0.5) is 0 Å². The molecule has 2 atom stereocenters. The van der Waals surface area contributed by atoms with E-state index in [1.54, 1.807) is 6.07 Å². The molecule has 88 valence electrons. The van der Waals surface area contributed by atoms with Crippen molar-refractivity contribution in [2.75, 3.05) is 19.8 Å². The Labute approximate surface area is 96.4 Å². The van der Waals surface area contributed by atoms with Gasteiger partial charge in [0, 0.05) is 24.8 Å². The lowest BCUT2D eigenvalue weighted by Gasteiger charge is -2.17. The van der Waals surface area contributed by atoms with E-state index in [2.05, 4.69) is 12.2 Å². The summed E-state index contributed by atoms with van der Waals surface area (Å²) in [4.78, 5) is 0. The molecule has 0 amide bonds. The van der Waals surface area contributed by atoms with Crippen LogP contribution in [0.1, 0.15) is 24.9 Å². The molecule has 1 aliphatic rings. The number of benzene rings is 1. The minimum Gasteiger partial charge on any atom is -0.508 e. The third kappa shape index (κ3) is 2.74. The molecular weight excluding hydrogens is 202 g/mol. The molecule has 2 rings (SSSR count). The topological polar surface area (TPSA) is 41.5 Å². The van der Waals surface area contributed by atoms with Crippen molar-refractivity contribution < 1.29 is 9.84 Å². The lowest BCUT2D eigenvalue weighted by Crippen LogP contribution is -2.26. The normalized spacial score (nSPS) is 22.2. The molecule has 3 nitrogen and oxygen atoms in total. The third-order valence-corrected chi connectivity index (χ3v) is 3.14. The predicted octanol–water partition coefficient (Wildman–Crippen LogP) is 2.08. The predicted molar refractivity (Wildman–Crippen MR) is 63.5 cm³/mol. The highest BCUT2D eigenvalue weighted by molar-refractivity contribution is 5.34. The van der Waals surface area contributed by atoms with Crippen molar-refractivity contribution in [1.29, 1.82) is 0 Å². The maximum absolute atomic E-state index is 9.71. The van der Waals surface area contributed by atoms with Crippen LogP contribution < -0.4 is 5.32 Å². The van der Waals surface area contributed by atoms with Gasteiger partial charge in [-0.1, -0.05) is 18.2 Å². The number of phenolic OH excluding ortho intramolecular Hbond substituents is 1. The average molecular weight is 221 g/mol. The largest absolute Gasteiger partial charge is 0.508 e. The van der Waals surface area contributed by atoms with Gasteiger partial charge in [0.05, 0.1) is 6.61 Å². The van der Waals surface area contributed by atoms with Crippen molar-refractivity contribution in [2.24, 2.45) is 5.92 Å². The molecule has 16 heavy (non-hydrogen) atoms. The van der Waals surface area contributed by atoms with E-state index in [-0.39, 0.29) is 6.04 Å². The number of aromatic hydroxyl groups is 1. The van der Waals surface area contributed by atoms with E-state index in [1.165, 1.54) is 0 Å². The molecule has 1 saturated heterocycles. The van der Waals surface area contributed by atoms with Crippen molar-refractivity contribution in [3.8, 4) is 5.75 Å². The molecular formula is C13H19NO2. The molecule has 2 unspecified atom stereocenters. The Bertz CT molecular complexity index is 334. The molecule has 1 aliphatic heterocycles. The number of ether oxygens (including phenoxy) is 1. The monoisotopic (exact) mass is 221 g/mol. The summed E-state index contributed by atoms with van der Waals surface area (Å²) in [5.41, 5.74) is 0.960. The number of hydrogen-bond acceptors (Lipinski definition) is 3. The van der Waals surface area contributed by atoms with E-state index in [0.29, 0.717) is 11.7 Å². The maximum atomic E-state index is 9.71. The van der Waals surface area contributed by atoms with Crippen molar-refractivity contribution in [3.05, 3.63) is 29.8 Å². The second kappa shape index (κ2) is 5.32. The quantitative estimate of drug-likeness (QED) is 0.818. The Morgan fingerprint density at radius 2 is 2.31 bits per heavy atom. The minimum atomic E-state index is 0.182. The summed E-state index contributed by atoms with van der Waals surface area (Å²) in [6.07, 6.45) is 1.14. The van der Waals surface area contributed by atoms with E-state index < -0.39 is 0 Å². The van der Waals surface area contributed by atoms with E-state index >= 15 is 0 Å². The lowest BCUT2D eigenvalue weighted by molar-refractivity contribution is 0.184. The fraction of sp³-hybridized carbons (Fsp3) is 0.538. The first-order chi connectivity index (χ1) is 7.77. The average Bonchev–Trinajstić information content (AvgIpc) is 2.79. The molecule has 1 fully saturated rings. The van der Waals surface area contributed by atoms with Crippen LogP contribution >= 0.6 is 0 Å². The van der Waals surface area contributed by atoms with E-state index in [4.69, 9.17) is 4.74 Å². The number of phenols is 1. The Hall–Kier alpha value is -1.06. The molecule has 0 radical (unpaired) electrons. The Morgan fingerprint density at radius 3 is 3.00 bits per heavy atom. The van der Waals surface area contributed by atoms with Gasteiger partial charge in [-0.15, -0.1) is 0 Å². The summed E-state index contributed by atoms with van der Waals surface area (Å²) in [6, 6.07) is 7.66. The number of rotatable bonds is 4. The van der Waals surface area contributed by atoms with Gasteiger partial charge in [0.15, 0.2) is 0 Å². The minimum absolute atomic E-state index is 0.182. The van der Waals surface area contributed by atoms with Crippen molar-refractivity contribution in [1.82, 2.24) is 5.32 Å². The number of para-hydroxylation sites is 1. The Kier molecular flexibility index (Phi) is 3.80. The number of hydrogen-bond donors (Lipinski definition) is 2. The summed E-state index contributed by atoms with van der Waals surface area (Å²) < 4.78 is 5.33. The highest BCUT2D eigenvalue weighted by Crippen LogP contribution is 2.23. The van der Waals surface area contributed by atoms with Crippen molar-refractivity contribution in [3.63, 3.8) is 0 Å². The van der Waals surface area contributed by atoms with Gasteiger partial charge >= 0.3 is 0 Å². The van der Waals surface area contributed by atoms with E-state index in [0.717, 1.165) is 31.7 Å².